The highest BCUT2D eigenvalue weighted by Gasteiger charge is 2.14. The standard InChI is InChI=1S/C17H14Cl2O4/c1-10(20)11-3-5-15(22-2)12(7-11)8-17(21)23-16-6-4-13(18)9-14(16)19/h3-7,9H,8H2,1-2H3. The summed E-state index contributed by atoms with van der Waals surface area (Å²) in [6, 6.07) is 9.49. The first-order valence-corrected chi connectivity index (χ1v) is 7.50. The van der Waals surface area contributed by atoms with Gasteiger partial charge in [-0.05, 0) is 43.3 Å². The van der Waals surface area contributed by atoms with Crippen LogP contribution in [-0.4, -0.2) is 18.9 Å². The molecule has 2 aromatic carbocycles. The van der Waals surface area contributed by atoms with Crippen molar-refractivity contribution in [2.75, 3.05) is 7.11 Å². The normalized spacial score (nSPS) is 10.3. The number of rotatable bonds is 5. The Balaban J connectivity index is 2.19. The third kappa shape index (κ3) is 4.47. The molecule has 2 aromatic rings. The number of carbonyl (C=O) groups is 2. The van der Waals surface area contributed by atoms with Crippen LogP contribution >= 0.6 is 23.2 Å². The molecule has 0 N–H and O–H groups in total. The van der Waals surface area contributed by atoms with Gasteiger partial charge in [-0.25, -0.2) is 0 Å². The third-order valence-corrected chi connectivity index (χ3v) is 3.67. The van der Waals surface area contributed by atoms with E-state index in [1.165, 1.54) is 26.2 Å². The van der Waals surface area contributed by atoms with Gasteiger partial charge in [0.05, 0.1) is 18.6 Å². The van der Waals surface area contributed by atoms with Crippen molar-refractivity contribution in [3.8, 4) is 11.5 Å². The van der Waals surface area contributed by atoms with Crippen LogP contribution in [0.15, 0.2) is 36.4 Å². The van der Waals surface area contributed by atoms with Crippen molar-refractivity contribution in [1.29, 1.82) is 0 Å². The molecule has 0 fully saturated rings. The fourth-order valence-electron chi connectivity index (χ4n) is 2.01. The topological polar surface area (TPSA) is 52.6 Å². The van der Waals surface area contributed by atoms with Gasteiger partial charge in [-0.3, -0.25) is 9.59 Å². The molecule has 6 heteroatoms. The molecule has 0 spiro atoms. The molecule has 23 heavy (non-hydrogen) atoms. The lowest BCUT2D eigenvalue weighted by molar-refractivity contribution is -0.133. The molecule has 2 rings (SSSR count). The molecule has 0 radical (unpaired) electrons. The highest BCUT2D eigenvalue weighted by molar-refractivity contribution is 6.35. The summed E-state index contributed by atoms with van der Waals surface area (Å²) < 4.78 is 10.4. The molecular formula is C17H14Cl2O4. The van der Waals surface area contributed by atoms with Crippen molar-refractivity contribution in [1.82, 2.24) is 0 Å². The van der Waals surface area contributed by atoms with Crippen LogP contribution in [0.1, 0.15) is 22.8 Å². The van der Waals surface area contributed by atoms with Crippen LogP contribution in [-0.2, 0) is 11.2 Å². The lowest BCUT2D eigenvalue weighted by Gasteiger charge is -2.10. The minimum absolute atomic E-state index is 0.0523. The highest BCUT2D eigenvalue weighted by atomic mass is 35.5. The van der Waals surface area contributed by atoms with Gasteiger partial charge < -0.3 is 9.47 Å². The number of esters is 1. The molecule has 0 bridgehead atoms. The van der Waals surface area contributed by atoms with E-state index < -0.39 is 5.97 Å². The van der Waals surface area contributed by atoms with E-state index in [1.54, 1.807) is 24.3 Å². The summed E-state index contributed by atoms with van der Waals surface area (Å²) in [5.74, 6) is 0.119. The zero-order valence-corrected chi connectivity index (χ0v) is 14.1. The molecule has 120 valence electrons. The van der Waals surface area contributed by atoms with Gasteiger partial charge in [0.1, 0.15) is 11.5 Å². The Bertz CT molecular complexity index is 756. The Morgan fingerprint density at radius 2 is 1.74 bits per heavy atom. The van der Waals surface area contributed by atoms with Crippen molar-refractivity contribution in [2.24, 2.45) is 0 Å². The minimum atomic E-state index is -0.520. The molecule has 0 aliphatic carbocycles. The average molecular weight is 353 g/mol. The third-order valence-electron chi connectivity index (χ3n) is 3.14. The zero-order chi connectivity index (χ0) is 17.0. The maximum absolute atomic E-state index is 12.1. The Labute approximate surface area is 143 Å². The van der Waals surface area contributed by atoms with Crippen LogP contribution in [0.3, 0.4) is 0 Å². The lowest BCUT2D eigenvalue weighted by Crippen LogP contribution is -2.12. The van der Waals surface area contributed by atoms with Crippen molar-refractivity contribution in [2.45, 2.75) is 13.3 Å². The average Bonchev–Trinajstić information content (AvgIpc) is 2.50. The number of Topliss-reactive ketones (excluding diaryl/α,β-unsaturated/α-hetero) is 1. The molecule has 0 heterocycles. The molecule has 0 unspecified atom stereocenters. The number of halogens is 2. The van der Waals surface area contributed by atoms with Gasteiger partial charge >= 0.3 is 5.97 Å². The minimum Gasteiger partial charge on any atom is -0.496 e. The van der Waals surface area contributed by atoms with Gasteiger partial charge in [0.15, 0.2) is 5.78 Å². The predicted molar refractivity (Wildman–Crippen MR) is 88.8 cm³/mol. The van der Waals surface area contributed by atoms with Gasteiger partial charge in [0, 0.05) is 16.1 Å². The molecule has 0 aliphatic heterocycles. The smallest absolute Gasteiger partial charge is 0.315 e. The van der Waals surface area contributed by atoms with Crippen LogP contribution in [0.5, 0.6) is 11.5 Å². The van der Waals surface area contributed by atoms with Crippen molar-refractivity contribution >= 4 is 35.0 Å². The van der Waals surface area contributed by atoms with Gasteiger partial charge in [-0.1, -0.05) is 23.2 Å². The number of ether oxygens (including phenoxy) is 2. The highest BCUT2D eigenvalue weighted by Crippen LogP contribution is 2.28. The Hall–Kier alpha value is -2.04. The fourth-order valence-corrected chi connectivity index (χ4v) is 2.45. The Morgan fingerprint density at radius 1 is 1.04 bits per heavy atom. The number of hydrogen-bond acceptors (Lipinski definition) is 4. The fraction of sp³-hybridized carbons (Fsp3) is 0.176. The number of benzene rings is 2. The summed E-state index contributed by atoms with van der Waals surface area (Å²) >= 11 is 11.8. The number of carbonyl (C=O) groups excluding carboxylic acids is 2. The van der Waals surface area contributed by atoms with Crippen molar-refractivity contribution in [3.63, 3.8) is 0 Å². The van der Waals surface area contributed by atoms with Gasteiger partial charge in [0.2, 0.25) is 0 Å². The summed E-state index contributed by atoms with van der Waals surface area (Å²) in [5.41, 5.74) is 1.06. The molecular weight excluding hydrogens is 339 g/mol. The first kappa shape index (κ1) is 17.3. The summed E-state index contributed by atoms with van der Waals surface area (Å²) in [4.78, 5) is 23.6. The first-order chi connectivity index (χ1) is 10.9. The van der Waals surface area contributed by atoms with E-state index in [0.717, 1.165) is 0 Å². The van der Waals surface area contributed by atoms with E-state index in [4.69, 9.17) is 32.7 Å². The molecule has 0 amide bonds. The van der Waals surface area contributed by atoms with Gasteiger partial charge in [-0.15, -0.1) is 0 Å². The van der Waals surface area contributed by atoms with Crippen LogP contribution in [0, 0.1) is 0 Å². The van der Waals surface area contributed by atoms with Crippen LogP contribution in [0.2, 0.25) is 10.0 Å². The summed E-state index contributed by atoms with van der Waals surface area (Å²) in [5, 5.41) is 0.695. The zero-order valence-electron chi connectivity index (χ0n) is 12.6. The monoisotopic (exact) mass is 352 g/mol. The van der Waals surface area contributed by atoms with E-state index in [9.17, 15) is 9.59 Å². The molecule has 0 aliphatic rings. The summed E-state index contributed by atoms with van der Waals surface area (Å²) in [6.07, 6.45) is -0.0523. The van der Waals surface area contributed by atoms with E-state index in [1.807, 2.05) is 0 Å². The first-order valence-electron chi connectivity index (χ1n) is 6.74. The van der Waals surface area contributed by atoms with Gasteiger partial charge in [-0.2, -0.15) is 0 Å². The molecule has 0 aromatic heterocycles. The Kier molecular flexibility index (Phi) is 5.64. The summed E-state index contributed by atoms with van der Waals surface area (Å²) in [6.45, 7) is 1.46. The number of hydrogen-bond donors (Lipinski definition) is 0. The van der Waals surface area contributed by atoms with Gasteiger partial charge in [0.25, 0.3) is 0 Å². The largest absolute Gasteiger partial charge is 0.496 e. The van der Waals surface area contributed by atoms with Crippen molar-refractivity contribution in [3.05, 3.63) is 57.6 Å². The predicted octanol–water partition coefficient (Wildman–Crippen LogP) is 4.35. The van der Waals surface area contributed by atoms with Crippen LogP contribution < -0.4 is 9.47 Å². The molecule has 4 nitrogen and oxygen atoms in total. The van der Waals surface area contributed by atoms with Crippen LogP contribution in [0.25, 0.3) is 0 Å². The second kappa shape index (κ2) is 7.49. The molecule has 0 saturated heterocycles. The van der Waals surface area contributed by atoms with E-state index in [-0.39, 0.29) is 23.0 Å². The maximum Gasteiger partial charge on any atom is 0.315 e. The second-order valence-corrected chi connectivity index (χ2v) is 5.65. The second-order valence-electron chi connectivity index (χ2n) is 4.81. The quantitative estimate of drug-likeness (QED) is 0.456. The molecule has 0 atom stereocenters. The maximum atomic E-state index is 12.1. The summed E-state index contributed by atoms with van der Waals surface area (Å²) in [7, 11) is 1.49. The molecule has 0 saturated carbocycles. The van der Waals surface area contributed by atoms with Crippen molar-refractivity contribution < 1.29 is 19.1 Å². The lowest BCUT2D eigenvalue weighted by atomic mass is 10.0. The van der Waals surface area contributed by atoms with E-state index in [0.29, 0.717) is 21.9 Å². The van der Waals surface area contributed by atoms with Crippen LogP contribution in [0.4, 0.5) is 0 Å². The number of methoxy groups -OCH3 is 1. The van der Waals surface area contributed by atoms with E-state index >= 15 is 0 Å². The Morgan fingerprint density at radius 3 is 2.35 bits per heavy atom. The number of ketones is 1. The van der Waals surface area contributed by atoms with E-state index in [2.05, 4.69) is 0 Å². The SMILES string of the molecule is COc1ccc(C(C)=O)cc1CC(=O)Oc1ccc(Cl)cc1Cl.